The van der Waals surface area contributed by atoms with Crippen molar-refractivity contribution < 1.29 is 18.4 Å². The molecule has 2 amide bonds. The van der Waals surface area contributed by atoms with Gasteiger partial charge in [0.1, 0.15) is 0 Å². The lowest BCUT2D eigenvalue weighted by Gasteiger charge is -2.32. The maximum atomic E-state index is 12.6. The Labute approximate surface area is 140 Å². The molecule has 0 spiro atoms. The zero-order chi connectivity index (χ0) is 16.2. The van der Waals surface area contributed by atoms with E-state index in [-0.39, 0.29) is 45.6 Å². The average Bonchev–Trinajstić information content (AvgIpc) is 2.67. The van der Waals surface area contributed by atoms with E-state index in [0.717, 1.165) is 13.1 Å². The summed E-state index contributed by atoms with van der Waals surface area (Å²) in [5.74, 6) is -2.53. The van der Waals surface area contributed by atoms with Crippen LogP contribution in [0.15, 0.2) is 0 Å². The van der Waals surface area contributed by atoms with E-state index in [9.17, 15) is 18.4 Å². The number of rotatable bonds is 2. The van der Waals surface area contributed by atoms with Gasteiger partial charge in [-0.3, -0.25) is 9.59 Å². The van der Waals surface area contributed by atoms with E-state index in [2.05, 4.69) is 0 Å². The van der Waals surface area contributed by atoms with Crippen LogP contribution in [-0.2, 0) is 9.59 Å². The largest absolute Gasteiger partial charge is 0.342 e. The van der Waals surface area contributed by atoms with Crippen molar-refractivity contribution in [3.8, 4) is 0 Å². The molecule has 6 heteroatoms. The van der Waals surface area contributed by atoms with E-state index in [0.29, 0.717) is 5.91 Å². The molecule has 0 unspecified atom stereocenters. The molecule has 2 fully saturated rings. The van der Waals surface area contributed by atoms with Crippen molar-refractivity contribution in [1.82, 2.24) is 9.80 Å². The fourth-order valence-corrected chi connectivity index (χ4v) is 2.19. The molecule has 0 radical (unpaired) electrons. The van der Waals surface area contributed by atoms with E-state index in [1.165, 1.54) is 11.3 Å². The summed E-state index contributed by atoms with van der Waals surface area (Å²) in [7, 11) is 0. The van der Waals surface area contributed by atoms with Crippen LogP contribution in [0.4, 0.5) is 8.78 Å². The fraction of sp³-hybridized carbons (Fsp3) is 0.882. The number of alkyl halides is 2. The minimum absolute atomic E-state index is 0. The Balaban J connectivity index is 0. The van der Waals surface area contributed by atoms with Crippen molar-refractivity contribution in [3.63, 3.8) is 0 Å². The quantitative estimate of drug-likeness (QED) is 0.772. The molecular formula is C17H34F2N2O2. The Hall–Kier alpha value is -1.20. The highest BCUT2D eigenvalue weighted by Gasteiger charge is 2.40. The zero-order valence-corrected chi connectivity index (χ0v) is 13.4. The molecule has 0 aromatic carbocycles. The lowest BCUT2D eigenvalue weighted by Crippen LogP contribution is -2.44. The van der Waals surface area contributed by atoms with Crippen molar-refractivity contribution in [2.45, 2.75) is 61.3 Å². The van der Waals surface area contributed by atoms with E-state index < -0.39 is 12.5 Å². The number of carbonyl (C=O) groups excluding carboxylic acids is 2. The second kappa shape index (κ2) is 9.83. The van der Waals surface area contributed by atoms with Gasteiger partial charge < -0.3 is 9.80 Å². The minimum Gasteiger partial charge on any atom is -0.342 e. The summed E-state index contributed by atoms with van der Waals surface area (Å²) in [4.78, 5) is 25.4. The van der Waals surface area contributed by atoms with Gasteiger partial charge in [-0.05, 0) is 6.42 Å². The van der Waals surface area contributed by atoms with Crippen LogP contribution in [0.3, 0.4) is 0 Å². The molecule has 0 saturated carbocycles. The van der Waals surface area contributed by atoms with Crippen LogP contribution in [0, 0.1) is 11.8 Å². The molecule has 2 rings (SSSR count). The van der Waals surface area contributed by atoms with Crippen molar-refractivity contribution in [2.24, 2.45) is 11.8 Å². The Morgan fingerprint density at radius 2 is 1.30 bits per heavy atom. The number of carbonyl (C=O) groups is 2. The number of halogens is 2. The summed E-state index contributed by atoms with van der Waals surface area (Å²) < 4.78 is 25.2. The van der Waals surface area contributed by atoms with Gasteiger partial charge in [0.2, 0.25) is 11.8 Å². The van der Waals surface area contributed by atoms with Crippen LogP contribution in [-0.4, -0.2) is 53.7 Å². The molecule has 4 nitrogen and oxygen atoms in total. The summed E-state index contributed by atoms with van der Waals surface area (Å²) in [6.07, 6.45) is 1.00. The van der Waals surface area contributed by atoms with Crippen LogP contribution in [0.5, 0.6) is 0 Å². The molecule has 0 atom stereocenters. The number of amides is 2. The monoisotopic (exact) mass is 336 g/mol. The maximum absolute atomic E-state index is 12.6. The smallest absolute Gasteiger partial charge is 0.267 e. The lowest BCUT2D eigenvalue weighted by molar-refractivity contribution is -0.138. The summed E-state index contributed by atoms with van der Waals surface area (Å²) in [6.45, 7) is 9.10. The molecule has 138 valence electrons. The predicted octanol–water partition coefficient (Wildman–Crippen LogP) is 3.66. The summed E-state index contributed by atoms with van der Waals surface area (Å²) >= 11 is 0. The lowest BCUT2D eigenvalue weighted by atomic mass is 10.1. The Morgan fingerprint density at radius 3 is 1.52 bits per heavy atom. The van der Waals surface area contributed by atoms with Crippen LogP contribution in [0.1, 0.15) is 55.4 Å². The van der Waals surface area contributed by atoms with Crippen molar-refractivity contribution in [1.29, 1.82) is 0 Å². The second-order valence-electron chi connectivity index (χ2n) is 6.35. The highest BCUT2D eigenvalue weighted by atomic mass is 19.3. The first kappa shape index (κ1) is 24.1. The maximum Gasteiger partial charge on any atom is 0.267 e. The van der Waals surface area contributed by atoms with E-state index in [4.69, 9.17) is 0 Å². The Bertz CT molecular complexity index is 381. The van der Waals surface area contributed by atoms with Gasteiger partial charge >= 0.3 is 0 Å². The fourth-order valence-electron chi connectivity index (χ4n) is 2.19. The highest BCUT2D eigenvalue weighted by molar-refractivity contribution is 5.79. The van der Waals surface area contributed by atoms with Crippen molar-refractivity contribution in [2.75, 3.05) is 26.2 Å². The minimum atomic E-state index is -2.66. The summed E-state index contributed by atoms with van der Waals surface area (Å²) in [5, 5.41) is 0. The van der Waals surface area contributed by atoms with Gasteiger partial charge in [0.05, 0.1) is 6.54 Å². The average molecular weight is 336 g/mol. The molecule has 2 aliphatic rings. The predicted molar refractivity (Wildman–Crippen MR) is 90.5 cm³/mol. The van der Waals surface area contributed by atoms with Gasteiger partial charge in [0.15, 0.2) is 0 Å². The van der Waals surface area contributed by atoms with Crippen molar-refractivity contribution in [3.05, 3.63) is 0 Å². The first-order chi connectivity index (χ1) is 9.64. The van der Waals surface area contributed by atoms with Gasteiger partial charge in [-0.2, -0.15) is 0 Å². The van der Waals surface area contributed by atoms with Gasteiger partial charge in [0, 0.05) is 37.9 Å². The topological polar surface area (TPSA) is 40.6 Å². The summed E-state index contributed by atoms with van der Waals surface area (Å²) in [5.41, 5.74) is 0. The molecule has 0 aromatic heterocycles. The van der Waals surface area contributed by atoms with Gasteiger partial charge in [-0.25, -0.2) is 8.78 Å². The Morgan fingerprint density at radius 1 is 0.870 bits per heavy atom. The van der Waals surface area contributed by atoms with E-state index in [1.54, 1.807) is 13.8 Å². The molecule has 23 heavy (non-hydrogen) atoms. The molecule has 0 aromatic rings. The molecule has 2 aliphatic heterocycles. The van der Waals surface area contributed by atoms with Crippen LogP contribution >= 0.6 is 0 Å². The molecule has 0 bridgehead atoms. The van der Waals surface area contributed by atoms with Crippen LogP contribution in [0.25, 0.3) is 0 Å². The molecular weight excluding hydrogens is 302 g/mol. The van der Waals surface area contributed by atoms with Gasteiger partial charge in [-0.15, -0.1) is 0 Å². The first-order valence-corrected chi connectivity index (χ1v) is 7.59. The van der Waals surface area contributed by atoms with Gasteiger partial charge in [0.25, 0.3) is 5.92 Å². The second-order valence-corrected chi connectivity index (χ2v) is 6.35. The Kier molecular flexibility index (Phi) is 10.3. The molecule has 0 N–H and O–H groups in total. The van der Waals surface area contributed by atoms with Crippen LogP contribution < -0.4 is 0 Å². The third-order valence-electron chi connectivity index (χ3n) is 3.64. The molecule has 0 aliphatic carbocycles. The highest BCUT2D eigenvalue weighted by Crippen LogP contribution is 2.27. The number of hydrogen-bond donors (Lipinski definition) is 0. The number of likely N-dealkylation sites (tertiary alicyclic amines) is 2. The number of hydrogen-bond acceptors (Lipinski definition) is 2. The van der Waals surface area contributed by atoms with E-state index >= 15 is 0 Å². The zero-order valence-electron chi connectivity index (χ0n) is 13.4. The SMILES string of the molecule is C.C.CC(C)C(=O)N1CCC(F)(F)C1.CC(C)C(=O)N1CCC1. The van der Waals surface area contributed by atoms with Gasteiger partial charge in [-0.1, -0.05) is 42.5 Å². The van der Waals surface area contributed by atoms with Crippen molar-refractivity contribution >= 4 is 11.8 Å². The molecule has 2 heterocycles. The normalized spacial score (nSPS) is 18.4. The van der Waals surface area contributed by atoms with Crippen LogP contribution in [0.2, 0.25) is 0 Å². The third-order valence-corrected chi connectivity index (χ3v) is 3.64. The first-order valence-electron chi connectivity index (χ1n) is 7.59. The summed E-state index contributed by atoms with van der Waals surface area (Å²) in [6, 6.07) is 0. The van der Waals surface area contributed by atoms with E-state index in [1.807, 2.05) is 18.7 Å². The standard InChI is InChI=1S/C8H13F2NO.C7H13NO.2CH4/c1-6(2)7(12)11-4-3-8(9,10)5-11;1-6(2)7(9)8-4-3-5-8;;/h6H,3-5H2,1-2H3;6H,3-5H2,1-2H3;2*1H4. The molecule has 2 saturated heterocycles. The number of nitrogens with zero attached hydrogens (tertiary/aromatic N) is 2. The third kappa shape index (κ3) is 7.27.